The van der Waals surface area contributed by atoms with Crippen LogP contribution in [0.2, 0.25) is 0 Å². The van der Waals surface area contributed by atoms with E-state index in [0.717, 1.165) is 48.2 Å². The number of hydrogen-bond donors (Lipinski definition) is 0. The standard InChI is InChI=1S/C42H68N2O4/c1-5-7-9-11-13-15-17-19-25-31-43(3)33-41(45)47-35-37-27-21-23-29-39(37)40-30-24-22-28-38(40)36-48-42(46)34-44(4)32-26-20-18-16-14-12-10-8-6-2/h21-24,27-30H,5-20,25-26,31-36H2,1-4H3. The van der Waals surface area contributed by atoms with Gasteiger partial charge in [-0.05, 0) is 62.3 Å². The zero-order valence-corrected chi connectivity index (χ0v) is 31.1. The van der Waals surface area contributed by atoms with Crippen molar-refractivity contribution in [3.05, 3.63) is 59.7 Å². The zero-order valence-electron chi connectivity index (χ0n) is 31.1. The summed E-state index contributed by atoms with van der Waals surface area (Å²) in [7, 11) is 3.99. The van der Waals surface area contributed by atoms with Crippen LogP contribution in [0.15, 0.2) is 48.5 Å². The lowest BCUT2D eigenvalue weighted by Crippen LogP contribution is -2.28. The maximum absolute atomic E-state index is 12.7. The topological polar surface area (TPSA) is 59.1 Å². The molecule has 0 atom stereocenters. The monoisotopic (exact) mass is 665 g/mol. The molecule has 0 fully saturated rings. The summed E-state index contributed by atoms with van der Waals surface area (Å²) in [6, 6.07) is 16.0. The van der Waals surface area contributed by atoms with E-state index in [1.807, 2.05) is 62.6 Å². The molecule has 2 aromatic carbocycles. The van der Waals surface area contributed by atoms with Crippen molar-refractivity contribution in [2.75, 3.05) is 40.3 Å². The van der Waals surface area contributed by atoms with Crippen molar-refractivity contribution in [1.82, 2.24) is 9.80 Å². The zero-order chi connectivity index (χ0) is 34.7. The van der Waals surface area contributed by atoms with Gasteiger partial charge in [-0.2, -0.15) is 0 Å². The molecule has 2 aromatic rings. The normalized spacial score (nSPS) is 11.4. The highest BCUT2D eigenvalue weighted by Gasteiger charge is 2.14. The molecule has 2 rings (SSSR count). The average Bonchev–Trinajstić information content (AvgIpc) is 3.08. The summed E-state index contributed by atoms with van der Waals surface area (Å²) in [6.45, 7) is 7.32. The first-order valence-electron chi connectivity index (χ1n) is 19.3. The lowest BCUT2D eigenvalue weighted by atomic mass is 9.96. The van der Waals surface area contributed by atoms with Gasteiger partial charge in [-0.1, -0.05) is 165 Å². The fourth-order valence-electron chi connectivity index (χ4n) is 6.21. The number of carbonyl (C=O) groups excluding carboxylic acids is 2. The molecule has 0 amide bonds. The van der Waals surface area contributed by atoms with Gasteiger partial charge in [0.2, 0.25) is 0 Å². The second-order valence-electron chi connectivity index (χ2n) is 13.8. The Bertz CT molecular complexity index is 1030. The molecule has 0 saturated heterocycles. The number of esters is 2. The van der Waals surface area contributed by atoms with Gasteiger partial charge >= 0.3 is 11.9 Å². The highest BCUT2D eigenvalue weighted by atomic mass is 16.5. The Hall–Kier alpha value is -2.70. The van der Waals surface area contributed by atoms with Crippen molar-refractivity contribution in [1.29, 1.82) is 0 Å². The van der Waals surface area contributed by atoms with Crippen LogP contribution in [0.3, 0.4) is 0 Å². The molecule has 270 valence electrons. The molecule has 0 unspecified atom stereocenters. The van der Waals surface area contributed by atoms with Crippen LogP contribution in [-0.2, 0) is 32.3 Å². The molecular formula is C42H68N2O4. The third kappa shape index (κ3) is 19.3. The minimum absolute atomic E-state index is 0.207. The summed E-state index contributed by atoms with van der Waals surface area (Å²) in [5, 5.41) is 0. The summed E-state index contributed by atoms with van der Waals surface area (Å²) < 4.78 is 11.5. The summed E-state index contributed by atoms with van der Waals surface area (Å²) in [6.07, 6.45) is 23.3. The van der Waals surface area contributed by atoms with Gasteiger partial charge in [0.15, 0.2) is 0 Å². The molecule has 0 aliphatic carbocycles. The van der Waals surface area contributed by atoms with Crippen LogP contribution in [0.25, 0.3) is 11.1 Å². The van der Waals surface area contributed by atoms with E-state index in [1.54, 1.807) is 0 Å². The van der Waals surface area contributed by atoms with Gasteiger partial charge in [0.25, 0.3) is 0 Å². The number of nitrogens with zero attached hydrogens (tertiary/aromatic N) is 2. The summed E-state index contributed by atoms with van der Waals surface area (Å²) in [4.78, 5) is 29.5. The molecule has 0 spiro atoms. The van der Waals surface area contributed by atoms with Crippen molar-refractivity contribution in [3.63, 3.8) is 0 Å². The third-order valence-corrected chi connectivity index (χ3v) is 9.19. The molecule has 0 aliphatic heterocycles. The van der Waals surface area contributed by atoms with Crippen LogP contribution in [0.4, 0.5) is 0 Å². The van der Waals surface area contributed by atoms with Gasteiger partial charge in [-0.15, -0.1) is 0 Å². The maximum atomic E-state index is 12.7. The van der Waals surface area contributed by atoms with E-state index in [1.165, 1.54) is 103 Å². The highest BCUT2D eigenvalue weighted by molar-refractivity contribution is 5.74. The molecular weight excluding hydrogens is 596 g/mol. The van der Waals surface area contributed by atoms with Crippen LogP contribution in [0, 0.1) is 0 Å². The molecule has 0 bridgehead atoms. The van der Waals surface area contributed by atoms with E-state index < -0.39 is 0 Å². The van der Waals surface area contributed by atoms with Gasteiger partial charge in [0.05, 0.1) is 13.1 Å². The van der Waals surface area contributed by atoms with Crippen LogP contribution in [0.5, 0.6) is 0 Å². The quantitative estimate of drug-likeness (QED) is 0.0637. The fraction of sp³-hybridized carbons (Fsp3) is 0.667. The molecule has 0 saturated carbocycles. The Labute approximate surface area is 294 Å². The number of unbranched alkanes of at least 4 members (excludes halogenated alkanes) is 16. The second kappa shape index (κ2) is 27.2. The predicted molar refractivity (Wildman–Crippen MR) is 201 cm³/mol. The van der Waals surface area contributed by atoms with Crippen molar-refractivity contribution in [2.45, 2.75) is 143 Å². The van der Waals surface area contributed by atoms with Crippen molar-refractivity contribution >= 4 is 11.9 Å². The van der Waals surface area contributed by atoms with E-state index in [4.69, 9.17) is 9.47 Å². The van der Waals surface area contributed by atoms with Gasteiger partial charge in [-0.3, -0.25) is 19.4 Å². The molecule has 48 heavy (non-hydrogen) atoms. The summed E-state index contributed by atoms with van der Waals surface area (Å²) in [5.41, 5.74) is 3.85. The number of hydrogen-bond acceptors (Lipinski definition) is 6. The summed E-state index contributed by atoms with van der Waals surface area (Å²) >= 11 is 0. The minimum atomic E-state index is -0.211. The number of rotatable bonds is 29. The lowest BCUT2D eigenvalue weighted by Gasteiger charge is -2.18. The van der Waals surface area contributed by atoms with E-state index in [2.05, 4.69) is 23.6 Å². The average molecular weight is 665 g/mol. The minimum Gasteiger partial charge on any atom is -0.460 e. The summed E-state index contributed by atoms with van der Waals surface area (Å²) in [5.74, 6) is -0.422. The Balaban J connectivity index is 1.73. The van der Waals surface area contributed by atoms with Crippen LogP contribution in [0.1, 0.15) is 141 Å². The number of likely N-dealkylation sites (N-methyl/N-ethyl adjacent to an activating group) is 2. The van der Waals surface area contributed by atoms with E-state index in [-0.39, 0.29) is 25.2 Å². The maximum Gasteiger partial charge on any atom is 0.320 e. The Morgan fingerprint density at radius 3 is 1.15 bits per heavy atom. The predicted octanol–water partition coefficient (Wildman–Crippen LogP) is 10.4. The van der Waals surface area contributed by atoms with Gasteiger partial charge < -0.3 is 9.47 Å². The Morgan fingerprint density at radius 1 is 0.479 bits per heavy atom. The van der Waals surface area contributed by atoms with E-state index in [9.17, 15) is 9.59 Å². The van der Waals surface area contributed by atoms with E-state index in [0.29, 0.717) is 13.1 Å². The first kappa shape index (κ1) is 41.5. The van der Waals surface area contributed by atoms with Crippen molar-refractivity contribution in [3.8, 4) is 11.1 Å². The fourth-order valence-corrected chi connectivity index (χ4v) is 6.21. The SMILES string of the molecule is CCCCCCCCCCCN(C)CC(=O)OCc1ccccc1-c1ccccc1COC(=O)CN(C)CCCCCCCCCCC. The first-order valence-corrected chi connectivity index (χ1v) is 19.3. The molecule has 0 aromatic heterocycles. The highest BCUT2D eigenvalue weighted by Crippen LogP contribution is 2.28. The first-order chi connectivity index (χ1) is 23.4. The smallest absolute Gasteiger partial charge is 0.320 e. The number of carbonyl (C=O) groups is 2. The molecule has 0 aliphatic rings. The number of benzene rings is 2. The molecule has 0 heterocycles. The Morgan fingerprint density at radius 2 is 0.792 bits per heavy atom. The van der Waals surface area contributed by atoms with E-state index >= 15 is 0 Å². The Kier molecular flexibility index (Phi) is 23.5. The van der Waals surface area contributed by atoms with Crippen LogP contribution < -0.4 is 0 Å². The second-order valence-corrected chi connectivity index (χ2v) is 13.8. The van der Waals surface area contributed by atoms with Crippen molar-refractivity contribution < 1.29 is 19.1 Å². The molecule has 0 N–H and O–H groups in total. The van der Waals surface area contributed by atoms with Crippen LogP contribution in [-0.4, -0.2) is 62.0 Å². The van der Waals surface area contributed by atoms with Gasteiger partial charge in [0, 0.05) is 0 Å². The number of ether oxygens (including phenoxy) is 2. The molecule has 6 nitrogen and oxygen atoms in total. The van der Waals surface area contributed by atoms with Gasteiger partial charge in [-0.25, -0.2) is 0 Å². The van der Waals surface area contributed by atoms with Crippen molar-refractivity contribution in [2.24, 2.45) is 0 Å². The largest absolute Gasteiger partial charge is 0.460 e. The third-order valence-electron chi connectivity index (χ3n) is 9.19. The molecule has 0 radical (unpaired) electrons. The van der Waals surface area contributed by atoms with Gasteiger partial charge in [0.1, 0.15) is 13.2 Å². The lowest BCUT2D eigenvalue weighted by molar-refractivity contribution is -0.146. The van der Waals surface area contributed by atoms with Crippen LogP contribution >= 0.6 is 0 Å². The molecule has 6 heteroatoms.